The van der Waals surface area contributed by atoms with E-state index < -0.39 is 5.97 Å². The normalized spacial score (nSPS) is 15.6. The Bertz CT molecular complexity index is 511. The van der Waals surface area contributed by atoms with Crippen molar-refractivity contribution in [1.82, 2.24) is 10.2 Å². The molecule has 5 nitrogen and oxygen atoms in total. The van der Waals surface area contributed by atoms with Crippen molar-refractivity contribution in [1.29, 1.82) is 0 Å². The van der Waals surface area contributed by atoms with Crippen molar-refractivity contribution in [2.24, 2.45) is 0 Å². The molecule has 120 valence electrons. The number of benzene rings is 1. The average Bonchev–Trinajstić information content (AvgIpc) is 2.52. The van der Waals surface area contributed by atoms with Gasteiger partial charge in [-0.2, -0.15) is 0 Å². The molecule has 22 heavy (non-hydrogen) atoms. The summed E-state index contributed by atoms with van der Waals surface area (Å²) in [5.74, 6) is -0.369. The van der Waals surface area contributed by atoms with E-state index >= 15 is 0 Å². The lowest BCUT2D eigenvalue weighted by atomic mass is 9.89. The van der Waals surface area contributed by atoms with E-state index in [1.165, 1.54) is 5.56 Å². The van der Waals surface area contributed by atoms with E-state index in [-0.39, 0.29) is 12.5 Å². The van der Waals surface area contributed by atoms with Crippen molar-refractivity contribution in [3.8, 4) is 0 Å². The zero-order valence-corrected chi connectivity index (χ0v) is 13.2. The highest BCUT2D eigenvalue weighted by atomic mass is 35.5. The van der Waals surface area contributed by atoms with Crippen LogP contribution in [0.5, 0.6) is 0 Å². The Morgan fingerprint density at radius 3 is 2.45 bits per heavy atom. The minimum Gasteiger partial charge on any atom is -0.481 e. The van der Waals surface area contributed by atoms with Crippen LogP contribution >= 0.6 is 11.6 Å². The highest BCUT2D eigenvalue weighted by Crippen LogP contribution is 2.28. The minimum atomic E-state index is -0.835. The molecule has 1 aromatic carbocycles. The summed E-state index contributed by atoms with van der Waals surface area (Å²) >= 11 is 5.90. The van der Waals surface area contributed by atoms with Crippen molar-refractivity contribution in [2.75, 3.05) is 19.6 Å². The number of hydrogen-bond acceptors (Lipinski definition) is 2. The number of carboxylic acid groups (broad SMARTS) is 1. The topological polar surface area (TPSA) is 69.6 Å². The lowest BCUT2D eigenvalue weighted by Gasteiger charge is -2.32. The summed E-state index contributed by atoms with van der Waals surface area (Å²) < 4.78 is 0. The van der Waals surface area contributed by atoms with Gasteiger partial charge in [-0.25, -0.2) is 4.79 Å². The van der Waals surface area contributed by atoms with Crippen molar-refractivity contribution >= 4 is 23.6 Å². The highest BCUT2D eigenvalue weighted by molar-refractivity contribution is 6.30. The number of halogens is 1. The first kappa shape index (κ1) is 16.6. The largest absolute Gasteiger partial charge is 0.481 e. The van der Waals surface area contributed by atoms with Crippen molar-refractivity contribution in [3.05, 3.63) is 34.9 Å². The fourth-order valence-electron chi connectivity index (χ4n) is 2.70. The standard InChI is InChI=1S/C16H21ClN2O3/c17-14-5-3-12(4-6-14)13-7-10-19(11-8-13)16(22)18-9-1-2-15(20)21/h3-6,13H,1-2,7-11H2,(H,18,22)(H,20,21). The Balaban J connectivity index is 1.73. The van der Waals surface area contributed by atoms with Gasteiger partial charge in [0.15, 0.2) is 0 Å². The van der Waals surface area contributed by atoms with Crippen LogP contribution in [0, 0.1) is 0 Å². The number of aliphatic carboxylic acids is 1. The maximum Gasteiger partial charge on any atom is 0.317 e. The van der Waals surface area contributed by atoms with E-state index in [1.54, 1.807) is 4.90 Å². The fourth-order valence-corrected chi connectivity index (χ4v) is 2.82. The Labute approximate surface area is 135 Å². The van der Waals surface area contributed by atoms with Gasteiger partial charge in [-0.15, -0.1) is 0 Å². The van der Waals surface area contributed by atoms with Crippen LogP contribution in [0.25, 0.3) is 0 Å². The Morgan fingerprint density at radius 1 is 1.23 bits per heavy atom. The Kier molecular flexibility index (Phi) is 6.07. The zero-order valence-electron chi connectivity index (χ0n) is 12.4. The van der Waals surface area contributed by atoms with Gasteiger partial charge < -0.3 is 15.3 Å². The zero-order chi connectivity index (χ0) is 15.9. The van der Waals surface area contributed by atoms with Crippen molar-refractivity contribution < 1.29 is 14.7 Å². The van der Waals surface area contributed by atoms with Crippen LogP contribution in [0.4, 0.5) is 4.79 Å². The van der Waals surface area contributed by atoms with Crippen LogP contribution in [-0.2, 0) is 4.79 Å². The summed E-state index contributed by atoms with van der Waals surface area (Å²) in [6, 6.07) is 7.81. The maximum absolute atomic E-state index is 12.0. The molecule has 6 heteroatoms. The SMILES string of the molecule is O=C(O)CCCNC(=O)N1CCC(c2ccc(Cl)cc2)CC1. The summed E-state index contributed by atoms with van der Waals surface area (Å²) in [4.78, 5) is 24.2. The van der Waals surface area contributed by atoms with Crippen LogP contribution in [0.1, 0.15) is 37.2 Å². The van der Waals surface area contributed by atoms with Gasteiger partial charge in [0.05, 0.1) is 0 Å². The third-order valence-corrected chi connectivity index (χ3v) is 4.22. The van der Waals surface area contributed by atoms with E-state index in [0.29, 0.717) is 18.9 Å². The first-order valence-electron chi connectivity index (χ1n) is 7.56. The lowest BCUT2D eigenvalue weighted by molar-refractivity contribution is -0.137. The van der Waals surface area contributed by atoms with Crippen LogP contribution in [0.15, 0.2) is 24.3 Å². The van der Waals surface area contributed by atoms with Crippen LogP contribution in [-0.4, -0.2) is 41.6 Å². The van der Waals surface area contributed by atoms with E-state index in [0.717, 1.165) is 31.0 Å². The molecule has 0 unspecified atom stereocenters. The molecule has 1 fully saturated rings. The smallest absolute Gasteiger partial charge is 0.317 e. The lowest BCUT2D eigenvalue weighted by Crippen LogP contribution is -2.44. The van der Waals surface area contributed by atoms with Gasteiger partial charge in [0.1, 0.15) is 0 Å². The third kappa shape index (κ3) is 4.91. The van der Waals surface area contributed by atoms with E-state index in [2.05, 4.69) is 17.4 Å². The van der Waals surface area contributed by atoms with E-state index in [9.17, 15) is 9.59 Å². The third-order valence-electron chi connectivity index (χ3n) is 3.97. The monoisotopic (exact) mass is 324 g/mol. The summed E-state index contributed by atoms with van der Waals surface area (Å²) in [6.45, 7) is 1.85. The molecular formula is C16H21ClN2O3. The molecule has 2 amide bonds. The molecule has 0 radical (unpaired) electrons. The number of carbonyl (C=O) groups is 2. The molecule has 1 aliphatic heterocycles. The second-order valence-electron chi connectivity index (χ2n) is 5.54. The Hall–Kier alpha value is -1.75. The summed E-state index contributed by atoms with van der Waals surface area (Å²) in [7, 11) is 0. The molecule has 1 saturated heterocycles. The predicted octanol–water partition coefficient (Wildman–Crippen LogP) is 3.09. The number of carbonyl (C=O) groups excluding carboxylic acids is 1. The van der Waals surface area contributed by atoms with Crippen molar-refractivity contribution in [3.63, 3.8) is 0 Å². The number of rotatable bonds is 5. The van der Waals surface area contributed by atoms with Gasteiger partial charge in [0.25, 0.3) is 0 Å². The summed E-state index contributed by atoms with van der Waals surface area (Å²) in [5.41, 5.74) is 1.27. The molecule has 0 aliphatic carbocycles. The second kappa shape index (κ2) is 8.03. The van der Waals surface area contributed by atoms with Gasteiger partial charge in [-0.3, -0.25) is 4.79 Å². The number of urea groups is 1. The molecule has 2 rings (SSSR count). The first-order chi connectivity index (χ1) is 10.6. The molecule has 1 heterocycles. The number of nitrogens with one attached hydrogen (secondary N) is 1. The summed E-state index contributed by atoms with van der Waals surface area (Å²) in [6.07, 6.45) is 2.41. The number of amides is 2. The molecular weight excluding hydrogens is 304 g/mol. The predicted molar refractivity (Wildman–Crippen MR) is 85.3 cm³/mol. The fraction of sp³-hybridized carbons (Fsp3) is 0.500. The van der Waals surface area contributed by atoms with Crippen molar-refractivity contribution in [2.45, 2.75) is 31.6 Å². The minimum absolute atomic E-state index is 0.0823. The van der Waals surface area contributed by atoms with Gasteiger partial charge in [-0.1, -0.05) is 23.7 Å². The molecule has 1 aromatic rings. The van der Waals surface area contributed by atoms with Crippen LogP contribution in [0.2, 0.25) is 5.02 Å². The molecule has 0 atom stereocenters. The molecule has 1 aliphatic rings. The first-order valence-corrected chi connectivity index (χ1v) is 7.94. The number of hydrogen-bond donors (Lipinski definition) is 2. The van der Waals surface area contributed by atoms with Gasteiger partial charge >= 0.3 is 12.0 Å². The number of piperidine rings is 1. The quantitative estimate of drug-likeness (QED) is 0.818. The number of carboxylic acids is 1. The van der Waals surface area contributed by atoms with E-state index in [1.807, 2.05) is 12.1 Å². The molecule has 0 saturated carbocycles. The average molecular weight is 325 g/mol. The molecule has 0 spiro atoms. The Morgan fingerprint density at radius 2 is 1.86 bits per heavy atom. The molecule has 0 aromatic heterocycles. The molecule has 2 N–H and O–H groups in total. The highest BCUT2D eigenvalue weighted by Gasteiger charge is 2.23. The van der Waals surface area contributed by atoms with Gasteiger partial charge in [-0.05, 0) is 42.9 Å². The van der Waals surface area contributed by atoms with Gasteiger partial charge in [0.2, 0.25) is 0 Å². The van der Waals surface area contributed by atoms with Gasteiger partial charge in [0, 0.05) is 31.1 Å². The van der Waals surface area contributed by atoms with Crippen LogP contribution < -0.4 is 5.32 Å². The summed E-state index contributed by atoms with van der Waals surface area (Å²) in [5, 5.41) is 12.1. The molecule has 0 bridgehead atoms. The van der Waals surface area contributed by atoms with Crippen LogP contribution in [0.3, 0.4) is 0 Å². The van der Waals surface area contributed by atoms with E-state index in [4.69, 9.17) is 16.7 Å². The second-order valence-corrected chi connectivity index (χ2v) is 5.98. The maximum atomic E-state index is 12.0. The number of likely N-dealkylation sites (tertiary alicyclic amines) is 1. The number of nitrogens with zero attached hydrogens (tertiary/aromatic N) is 1.